The summed E-state index contributed by atoms with van der Waals surface area (Å²) in [4.78, 5) is 29.4. The predicted molar refractivity (Wildman–Crippen MR) is 247 cm³/mol. The minimum atomic E-state index is -5.36. The summed E-state index contributed by atoms with van der Waals surface area (Å²) in [7, 11) is 0. The van der Waals surface area contributed by atoms with E-state index in [4.69, 9.17) is 49.0 Å². The number of aliphatic hydroxyl groups is 1. The predicted octanol–water partition coefficient (Wildman–Crippen LogP) is 14.3. The van der Waals surface area contributed by atoms with Gasteiger partial charge >= 0.3 is 24.3 Å². The van der Waals surface area contributed by atoms with Crippen LogP contribution in [0.15, 0.2) is 97.2 Å². The number of benzene rings is 5. The van der Waals surface area contributed by atoms with Crippen LogP contribution in [-0.4, -0.2) is 39.5 Å². The third-order valence-corrected chi connectivity index (χ3v) is 12.9. The van der Waals surface area contributed by atoms with Gasteiger partial charge in [-0.3, -0.25) is 0 Å². The first-order chi connectivity index (χ1) is 32.7. The zero-order valence-electron chi connectivity index (χ0n) is 37.6. The molecule has 0 saturated heterocycles. The number of alkyl halides is 6. The lowest BCUT2D eigenvalue weighted by Crippen LogP contribution is -2.50. The summed E-state index contributed by atoms with van der Waals surface area (Å²) in [6.07, 6.45) is -9.67. The minimum Gasteiger partial charge on any atom is -0.478 e. The smallest absolute Gasteiger partial charge is 0.433 e. The van der Waals surface area contributed by atoms with Crippen molar-refractivity contribution < 1.29 is 60.4 Å². The summed E-state index contributed by atoms with van der Waals surface area (Å²) in [6, 6.07) is 21.7. The molecular formula is C51H38Cl3F6N3O7. The third-order valence-electron chi connectivity index (χ3n) is 12.0. The fourth-order valence-corrected chi connectivity index (χ4v) is 9.20. The molecule has 0 bridgehead atoms. The highest BCUT2D eigenvalue weighted by molar-refractivity contribution is 6.33. The van der Waals surface area contributed by atoms with Gasteiger partial charge in [-0.1, -0.05) is 85.0 Å². The molecule has 4 unspecified atom stereocenters. The quantitative estimate of drug-likeness (QED) is 0.0841. The molecule has 0 radical (unpaired) electrons. The highest BCUT2D eigenvalue weighted by Crippen LogP contribution is 2.54. The van der Waals surface area contributed by atoms with E-state index in [1.807, 2.05) is 12.1 Å². The largest absolute Gasteiger partial charge is 0.478 e. The molecule has 6 rings (SSSR count). The van der Waals surface area contributed by atoms with Crippen molar-refractivity contribution in [1.29, 1.82) is 10.5 Å². The number of aromatic nitrogens is 1. The van der Waals surface area contributed by atoms with Gasteiger partial charge < -0.3 is 24.4 Å². The van der Waals surface area contributed by atoms with E-state index in [9.17, 15) is 43.5 Å². The molecule has 1 aromatic heterocycles. The number of hydrogen-bond donors (Lipinski definition) is 2. The molecule has 0 aliphatic heterocycles. The molecule has 0 aliphatic carbocycles. The van der Waals surface area contributed by atoms with Gasteiger partial charge in [0.2, 0.25) is 11.5 Å². The molecule has 4 atom stereocenters. The second-order valence-corrected chi connectivity index (χ2v) is 17.6. The summed E-state index contributed by atoms with van der Waals surface area (Å²) < 4.78 is 110. The Labute approximate surface area is 412 Å². The van der Waals surface area contributed by atoms with E-state index in [0.29, 0.717) is 0 Å². The molecule has 0 saturated carbocycles. The first-order valence-corrected chi connectivity index (χ1v) is 21.9. The number of carboxylic acids is 1. The summed E-state index contributed by atoms with van der Waals surface area (Å²) >= 11 is 19.2. The molecule has 1 heterocycles. The Balaban J connectivity index is 1.31. The number of rotatable bonds is 13. The van der Waals surface area contributed by atoms with Crippen molar-refractivity contribution in [2.45, 2.75) is 76.9 Å². The van der Waals surface area contributed by atoms with Gasteiger partial charge in [0.05, 0.1) is 39.4 Å². The van der Waals surface area contributed by atoms with E-state index in [1.165, 1.54) is 82.3 Å². The lowest BCUT2D eigenvalue weighted by atomic mass is 9.76. The van der Waals surface area contributed by atoms with Crippen LogP contribution in [0.25, 0.3) is 0 Å². The van der Waals surface area contributed by atoms with E-state index in [2.05, 4.69) is 4.98 Å². The van der Waals surface area contributed by atoms with Crippen molar-refractivity contribution in [3.8, 4) is 35.3 Å². The number of nitrogens with zero attached hydrogens (tertiary/aromatic N) is 3. The molecule has 0 fully saturated rings. The van der Waals surface area contributed by atoms with Crippen LogP contribution in [0.1, 0.15) is 102 Å². The molecule has 6 aromatic rings. The van der Waals surface area contributed by atoms with Crippen molar-refractivity contribution in [1.82, 2.24) is 4.98 Å². The Kier molecular flexibility index (Phi) is 14.9. The maximum Gasteiger partial charge on any atom is 0.433 e. The number of pyridine rings is 1. The average molecular weight is 1030 g/mol. The molecule has 2 N–H and O–H groups in total. The van der Waals surface area contributed by atoms with Crippen molar-refractivity contribution >= 4 is 46.7 Å². The molecule has 5 aromatic carbocycles. The van der Waals surface area contributed by atoms with Crippen LogP contribution in [0.2, 0.25) is 15.1 Å². The molecular weight excluding hydrogens is 987 g/mol. The van der Waals surface area contributed by atoms with Crippen molar-refractivity contribution in [3.63, 3.8) is 0 Å². The lowest BCUT2D eigenvalue weighted by molar-refractivity contribution is -0.274. The Hall–Kier alpha value is -6.82. The van der Waals surface area contributed by atoms with Crippen LogP contribution in [0.3, 0.4) is 0 Å². The Morgan fingerprint density at radius 2 is 1.09 bits per heavy atom. The molecule has 70 heavy (non-hydrogen) atoms. The minimum absolute atomic E-state index is 0.0411. The topological polar surface area (TPSA) is 163 Å². The summed E-state index contributed by atoms with van der Waals surface area (Å²) in [5.41, 5.74) is -7.78. The number of carbonyl (C=O) groups excluding carboxylic acids is 1. The van der Waals surface area contributed by atoms with Crippen LogP contribution >= 0.6 is 34.8 Å². The molecule has 10 nitrogen and oxygen atoms in total. The van der Waals surface area contributed by atoms with E-state index in [1.54, 1.807) is 0 Å². The van der Waals surface area contributed by atoms with E-state index in [-0.39, 0.29) is 88.3 Å². The van der Waals surface area contributed by atoms with Crippen LogP contribution in [0.4, 0.5) is 26.3 Å². The Morgan fingerprint density at radius 3 is 1.50 bits per heavy atom. The van der Waals surface area contributed by atoms with Crippen LogP contribution in [0.5, 0.6) is 23.1 Å². The van der Waals surface area contributed by atoms with Gasteiger partial charge in [-0.2, -0.15) is 36.9 Å². The summed E-state index contributed by atoms with van der Waals surface area (Å²) in [6.45, 7) is 8.07. The normalized spacial score (nSPS) is 14.3. The third kappa shape index (κ3) is 9.96. The maximum absolute atomic E-state index is 16.0. The summed E-state index contributed by atoms with van der Waals surface area (Å²) in [5, 5.41) is 39.3. The van der Waals surface area contributed by atoms with Gasteiger partial charge in [-0.05, 0) is 109 Å². The molecule has 0 amide bonds. The number of ether oxygens (including phenoxy) is 3. The fourth-order valence-electron chi connectivity index (χ4n) is 8.28. The van der Waals surface area contributed by atoms with Gasteiger partial charge in [0, 0.05) is 45.8 Å². The van der Waals surface area contributed by atoms with Crippen molar-refractivity contribution in [2.24, 2.45) is 0 Å². The number of hydrogen-bond acceptors (Lipinski definition) is 9. The van der Waals surface area contributed by atoms with Gasteiger partial charge in [-0.15, -0.1) is 0 Å². The highest BCUT2D eigenvalue weighted by Gasteiger charge is 2.64. The van der Waals surface area contributed by atoms with Crippen LogP contribution < -0.4 is 9.47 Å². The molecule has 19 heteroatoms. The number of nitriles is 2. The van der Waals surface area contributed by atoms with Crippen LogP contribution in [-0.2, 0) is 15.9 Å². The standard InChI is InChI=1S/C51H38Cl3F6N3O7/c1-25-15-32(16-26(2)40(25)22-61)48(67,50(55,56)57)29(5)37-11-9-36(21-42(37)52)69-45-14-7-31(24-63-45)47(66)70-49(51(58,59)60,33-17-27(3)41(23-62)28(4)18-33)30(6)38-12-8-34(19-43(38)53)68-35-10-13-39(46(64)65)44(54)20-35/h7-21,24,29-30,67H,1-6H3,(H,64,65). The lowest BCUT2D eigenvalue weighted by Gasteiger charge is -2.41. The number of aryl methyl sites for hydroxylation is 4. The van der Waals surface area contributed by atoms with E-state index < -0.39 is 64.0 Å². The monoisotopic (exact) mass is 1020 g/mol. The van der Waals surface area contributed by atoms with Gasteiger partial charge in [0.1, 0.15) is 17.2 Å². The fraction of sp³-hybridized carbons (Fsp3) is 0.235. The molecule has 362 valence electrons. The van der Waals surface area contributed by atoms with E-state index in [0.717, 1.165) is 56.4 Å². The zero-order valence-corrected chi connectivity index (χ0v) is 39.8. The van der Waals surface area contributed by atoms with Gasteiger partial charge in [0.25, 0.3) is 0 Å². The number of esters is 1. The van der Waals surface area contributed by atoms with Gasteiger partial charge in [0.15, 0.2) is 5.60 Å². The summed E-state index contributed by atoms with van der Waals surface area (Å²) in [5.74, 6) is -6.36. The first kappa shape index (κ1) is 52.5. The molecule has 0 aliphatic rings. The number of carboxylic acid groups (broad SMARTS) is 1. The maximum atomic E-state index is 16.0. The number of halogens is 9. The SMILES string of the molecule is Cc1cc(C(O)(C(C)c2ccc(Oc3ccc(C(=O)OC(c4cc(C)c(C#N)c(C)c4)(C(C)c4ccc(Oc5ccc(C(=O)O)c(Cl)c5)cc4Cl)C(F)(F)F)cn3)cc2Cl)C(F)(F)F)cc(C)c1C#N. The first-order valence-electron chi connectivity index (χ1n) is 20.7. The Morgan fingerprint density at radius 1 is 0.629 bits per heavy atom. The van der Waals surface area contributed by atoms with Crippen molar-refractivity contribution in [2.75, 3.05) is 0 Å². The van der Waals surface area contributed by atoms with Crippen LogP contribution in [0, 0.1) is 50.4 Å². The van der Waals surface area contributed by atoms with Crippen molar-refractivity contribution in [3.05, 3.63) is 179 Å². The molecule has 0 spiro atoms. The van der Waals surface area contributed by atoms with Gasteiger partial charge in [-0.25, -0.2) is 14.6 Å². The zero-order chi connectivity index (χ0) is 51.8. The number of aromatic carboxylic acids is 1. The second kappa shape index (κ2) is 19.9. The number of carbonyl (C=O) groups is 2. The second-order valence-electron chi connectivity index (χ2n) is 16.4. The van der Waals surface area contributed by atoms with E-state index >= 15 is 13.2 Å². The Bertz CT molecular complexity index is 3090. The highest BCUT2D eigenvalue weighted by atomic mass is 35.5. The average Bonchev–Trinajstić information content (AvgIpc) is 3.26.